The topological polar surface area (TPSA) is 57.4 Å². The zero-order valence-electron chi connectivity index (χ0n) is 9.36. The van der Waals surface area contributed by atoms with E-state index in [2.05, 4.69) is 4.98 Å². The first-order chi connectivity index (χ1) is 7.74. The minimum absolute atomic E-state index is 0.0586. The van der Waals surface area contributed by atoms with Crippen LogP contribution >= 0.6 is 11.6 Å². The zero-order valence-corrected chi connectivity index (χ0v) is 10.1. The number of aromatic nitrogens is 1. The number of hydrogen-bond donors (Lipinski definition) is 1. The third-order valence-corrected chi connectivity index (χ3v) is 2.44. The molecule has 1 unspecified atom stereocenters. The Labute approximate surface area is 101 Å². The van der Waals surface area contributed by atoms with Crippen LogP contribution in [0.1, 0.15) is 5.56 Å². The summed E-state index contributed by atoms with van der Waals surface area (Å²) < 4.78 is 10.2. The average molecular weight is 245 g/mol. The largest absolute Gasteiger partial charge is 0.382 e. The van der Waals surface area contributed by atoms with Gasteiger partial charge in [0.15, 0.2) is 0 Å². The van der Waals surface area contributed by atoms with Crippen LogP contribution in [0.4, 0.5) is 0 Å². The first-order valence-corrected chi connectivity index (χ1v) is 5.52. The molecular formula is C11H17ClN2O2. The van der Waals surface area contributed by atoms with Gasteiger partial charge >= 0.3 is 0 Å². The molecule has 4 nitrogen and oxygen atoms in total. The average Bonchev–Trinajstić information content (AvgIpc) is 2.28. The molecule has 0 saturated carbocycles. The van der Waals surface area contributed by atoms with E-state index in [4.69, 9.17) is 26.8 Å². The summed E-state index contributed by atoms with van der Waals surface area (Å²) in [6, 6.07) is 1.81. The van der Waals surface area contributed by atoms with E-state index < -0.39 is 0 Å². The van der Waals surface area contributed by atoms with Gasteiger partial charge in [-0.25, -0.2) is 0 Å². The molecule has 0 bridgehead atoms. The Balaban J connectivity index is 2.28. The lowest BCUT2D eigenvalue weighted by Crippen LogP contribution is -2.29. The molecule has 0 aromatic carbocycles. The molecule has 5 heteroatoms. The standard InChI is InChI=1S/C11H17ClN2O2/c1-15-4-5-16-8-10(13)6-9-2-3-14-7-11(9)12/h2-3,7,10H,4-6,8,13H2,1H3. The number of nitrogens with zero attached hydrogens (tertiary/aromatic N) is 1. The lowest BCUT2D eigenvalue weighted by atomic mass is 10.1. The summed E-state index contributed by atoms with van der Waals surface area (Å²) in [6.07, 6.45) is 4.02. The summed E-state index contributed by atoms with van der Waals surface area (Å²) >= 11 is 5.97. The Kier molecular flexibility index (Phi) is 6.33. The first-order valence-electron chi connectivity index (χ1n) is 5.14. The van der Waals surface area contributed by atoms with E-state index in [0.29, 0.717) is 31.3 Å². The third-order valence-electron chi connectivity index (χ3n) is 2.10. The second kappa shape index (κ2) is 7.57. The Hall–Kier alpha value is -0.680. The monoisotopic (exact) mass is 244 g/mol. The van der Waals surface area contributed by atoms with Crippen LogP contribution in [0, 0.1) is 0 Å². The van der Waals surface area contributed by atoms with E-state index in [0.717, 1.165) is 5.56 Å². The molecule has 2 N–H and O–H groups in total. The Morgan fingerprint density at radius 1 is 1.50 bits per heavy atom. The van der Waals surface area contributed by atoms with E-state index in [1.54, 1.807) is 19.5 Å². The van der Waals surface area contributed by atoms with Crippen molar-refractivity contribution in [3.8, 4) is 0 Å². The molecule has 0 aliphatic heterocycles. The third kappa shape index (κ3) is 4.90. The Morgan fingerprint density at radius 2 is 2.31 bits per heavy atom. The molecule has 1 aromatic heterocycles. The van der Waals surface area contributed by atoms with Crippen molar-refractivity contribution in [3.05, 3.63) is 29.0 Å². The Morgan fingerprint density at radius 3 is 3.00 bits per heavy atom. The first kappa shape index (κ1) is 13.4. The maximum atomic E-state index is 5.97. The summed E-state index contributed by atoms with van der Waals surface area (Å²) in [6.45, 7) is 1.65. The molecule has 0 radical (unpaired) electrons. The molecule has 0 spiro atoms. The van der Waals surface area contributed by atoms with E-state index in [9.17, 15) is 0 Å². The molecule has 0 saturated heterocycles. The summed E-state index contributed by atoms with van der Waals surface area (Å²) in [5, 5.41) is 0.648. The van der Waals surface area contributed by atoms with E-state index >= 15 is 0 Å². The molecule has 90 valence electrons. The molecule has 16 heavy (non-hydrogen) atoms. The smallest absolute Gasteiger partial charge is 0.0701 e. The van der Waals surface area contributed by atoms with Crippen LogP contribution in [0.15, 0.2) is 18.5 Å². The van der Waals surface area contributed by atoms with Gasteiger partial charge in [-0.2, -0.15) is 0 Å². The number of pyridine rings is 1. The van der Waals surface area contributed by atoms with Crippen molar-refractivity contribution in [2.24, 2.45) is 5.73 Å². The highest BCUT2D eigenvalue weighted by Gasteiger charge is 2.07. The van der Waals surface area contributed by atoms with Crippen molar-refractivity contribution in [2.45, 2.75) is 12.5 Å². The number of rotatable bonds is 7. The van der Waals surface area contributed by atoms with Crippen LogP contribution in [0.25, 0.3) is 0 Å². The Bertz CT molecular complexity index is 310. The lowest BCUT2D eigenvalue weighted by Gasteiger charge is -2.12. The summed E-state index contributed by atoms with van der Waals surface area (Å²) in [4.78, 5) is 3.92. The highest BCUT2D eigenvalue weighted by atomic mass is 35.5. The number of nitrogens with two attached hydrogens (primary N) is 1. The second-order valence-corrected chi connectivity index (χ2v) is 3.91. The van der Waals surface area contributed by atoms with Gasteiger partial charge in [-0.15, -0.1) is 0 Å². The van der Waals surface area contributed by atoms with Gasteiger partial charge in [-0.3, -0.25) is 4.98 Å². The minimum atomic E-state index is -0.0586. The summed E-state index contributed by atoms with van der Waals surface area (Å²) in [7, 11) is 1.64. The van der Waals surface area contributed by atoms with Gasteiger partial charge in [-0.1, -0.05) is 11.6 Å². The van der Waals surface area contributed by atoms with Crippen molar-refractivity contribution in [1.82, 2.24) is 4.98 Å². The van der Waals surface area contributed by atoms with Crippen LogP contribution < -0.4 is 5.73 Å². The van der Waals surface area contributed by atoms with Crippen LogP contribution in [-0.4, -0.2) is 38.0 Å². The fourth-order valence-electron chi connectivity index (χ4n) is 1.29. The molecular weight excluding hydrogens is 228 g/mol. The van der Waals surface area contributed by atoms with Crippen LogP contribution in [-0.2, 0) is 15.9 Å². The van der Waals surface area contributed by atoms with Gasteiger partial charge in [0.05, 0.1) is 24.8 Å². The molecule has 0 amide bonds. The maximum absolute atomic E-state index is 5.97. The summed E-state index contributed by atoms with van der Waals surface area (Å²) in [5.74, 6) is 0. The van der Waals surface area contributed by atoms with Crippen LogP contribution in [0.3, 0.4) is 0 Å². The fraction of sp³-hybridized carbons (Fsp3) is 0.545. The number of halogens is 1. The van der Waals surface area contributed by atoms with Crippen molar-refractivity contribution in [3.63, 3.8) is 0 Å². The predicted molar refractivity (Wildman–Crippen MR) is 63.6 cm³/mol. The highest BCUT2D eigenvalue weighted by molar-refractivity contribution is 6.31. The van der Waals surface area contributed by atoms with Crippen molar-refractivity contribution >= 4 is 11.6 Å². The molecule has 1 heterocycles. The van der Waals surface area contributed by atoms with Crippen LogP contribution in [0.2, 0.25) is 5.02 Å². The van der Waals surface area contributed by atoms with Gasteiger partial charge in [0, 0.05) is 25.5 Å². The van der Waals surface area contributed by atoms with Gasteiger partial charge < -0.3 is 15.2 Å². The predicted octanol–water partition coefficient (Wildman–Crippen LogP) is 1.27. The van der Waals surface area contributed by atoms with Crippen molar-refractivity contribution in [1.29, 1.82) is 0 Å². The second-order valence-electron chi connectivity index (χ2n) is 3.50. The number of hydrogen-bond acceptors (Lipinski definition) is 4. The fourth-order valence-corrected chi connectivity index (χ4v) is 1.48. The SMILES string of the molecule is COCCOCC(N)Cc1ccncc1Cl. The van der Waals surface area contributed by atoms with Crippen molar-refractivity contribution in [2.75, 3.05) is 26.9 Å². The van der Waals surface area contributed by atoms with Crippen molar-refractivity contribution < 1.29 is 9.47 Å². The number of ether oxygens (including phenoxy) is 2. The lowest BCUT2D eigenvalue weighted by molar-refractivity contribution is 0.0637. The maximum Gasteiger partial charge on any atom is 0.0701 e. The molecule has 0 aliphatic carbocycles. The quantitative estimate of drug-likeness (QED) is 0.734. The number of methoxy groups -OCH3 is 1. The molecule has 1 aromatic rings. The van der Waals surface area contributed by atoms with E-state index in [1.807, 2.05) is 6.07 Å². The van der Waals surface area contributed by atoms with Crippen LogP contribution in [0.5, 0.6) is 0 Å². The van der Waals surface area contributed by atoms with Gasteiger partial charge in [0.1, 0.15) is 0 Å². The normalized spacial score (nSPS) is 12.7. The van der Waals surface area contributed by atoms with Gasteiger partial charge in [0.25, 0.3) is 0 Å². The molecule has 1 atom stereocenters. The van der Waals surface area contributed by atoms with E-state index in [1.165, 1.54) is 0 Å². The van der Waals surface area contributed by atoms with E-state index in [-0.39, 0.29) is 6.04 Å². The minimum Gasteiger partial charge on any atom is -0.382 e. The van der Waals surface area contributed by atoms with Gasteiger partial charge in [-0.05, 0) is 18.1 Å². The van der Waals surface area contributed by atoms with Gasteiger partial charge in [0.2, 0.25) is 0 Å². The summed E-state index contributed by atoms with van der Waals surface area (Å²) in [5.41, 5.74) is 6.91. The molecule has 1 rings (SSSR count). The zero-order chi connectivity index (χ0) is 11.8. The molecule has 0 fully saturated rings. The molecule has 0 aliphatic rings. The highest BCUT2D eigenvalue weighted by Crippen LogP contribution is 2.14.